The first-order valence-electron chi connectivity index (χ1n) is 3.43. The highest BCUT2D eigenvalue weighted by Crippen LogP contribution is 2.36. The van der Waals surface area contributed by atoms with Gasteiger partial charge in [-0.3, -0.25) is 0 Å². The molecule has 0 fully saturated rings. The lowest BCUT2D eigenvalue weighted by molar-refractivity contribution is 0.0601. The Hall–Kier alpha value is -0.0900. The van der Waals surface area contributed by atoms with Crippen LogP contribution in [0.4, 0.5) is 0 Å². The fourth-order valence-electron chi connectivity index (χ4n) is 0.872. The van der Waals surface area contributed by atoms with Crippen LogP contribution in [0.15, 0.2) is 11.0 Å². The molecule has 2 nitrogen and oxygen atoms in total. The first-order valence-corrected chi connectivity index (χ1v) is 5.02. The van der Waals surface area contributed by atoms with E-state index in [1.807, 2.05) is 0 Å². The number of rotatable bonds is 1. The van der Waals surface area contributed by atoms with Gasteiger partial charge in [0.1, 0.15) is 0 Å². The van der Waals surface area contributed by atoms with Crippen LogP contribution in [0, 0.1) is 0 Å². The maximum absolute atomic E-state index is 11.3. The molecule has 0 amide bonds. The summed E-state index contributed by atoms with van der Waals surface area (Å²) in [5, 5.41) is 0.414. The van der Waals surface area contributed by atoms with Crippen LogP contribution in [0.2, 0.25) is 15.1 Å². The molecule has 1 rings (SSSR count). The molecule has 1 aromatic rings. The van der Waals surface area contributed by atoms with E-state index >= 15 is 0 Å². The number of ether oxygens (including phenoxy) is 1. The second-order valence-corrected chi connectivity index (χ2v) is 4.02. The molecule has 1 aromatic carbocycles. The third-order valence-electron chi connectivity index (χ3n) is 1.53. The Balaban J connectivity index is 3.47. The predicted octanol–water partition coefficient (Wildman–Crippen LogP) is 3.72. The number of thiol groups is 1. The van der Waals surface area contributed by atoms with Crippen LogP contribution in [-0.4, -0.2) is 13.1 Å². The number of methoxy groups -OCH3 is 1. The van der Waals surface area contributed by atoms with Gasteiger partial charge in [0.05, 0.1) is 27.7 Å². The van der Waals surface area contributed by atoms with Crippen LogP contribution in [0.1, 0.15) is 10.4 Å². The van der Waals surface area contributed by atoms with Crippen LogP contribution in [-0.2, 0) is 4.74 Å². The van der Waals surface area contributed by atoms with E-state index in [1.165, 1.54) is 13.2 Å². The van der Waals surface area contributed by atoms with E-state index in [9.17, 15) is 4.79 Å². The monoisotopic (exact) mass is 270 g/mol. The molecule has 0 aliphatic carbocycles. The van der Waals surface area contributed by atoms with Crippen LogP contribution in [0.3, 0.4) is 0 Å². The minimum absolute atomic E-state index is 0.0355. The van der Waals surface area contributed by atoms with Crippen LogP contribution >= 0.6 is 47.4 Å². The molecule has 0 aliphatic heterocycles. The second kappa shape index (κ2) is 4.62. The van der Waals surface area contributed by atoms with Crippen molar-refractivity contribution >= 4 is 53.4 Å². The molecule has 0 aliphatic rings. The van der Waals surface area contributed by atoms with E-state index in [4.69, 9.17) is 34.8 Å². The highest BCUT2D eigenvalue weighted by Gasteiger charge is 2.20. The van der Waals surface area contributed by atoms with Crippen molar-refractivity contribution in [2.24, 2.45) is 0 Å². The van der Waals surface area contributed by atoms with E-state index in [2.05, 4.69) is 17.4 Å². The van der Waals surface area contributed by atoms with Gasteiger partial charge in [0.2, 0.25) is 0 Å². The zero-order chi connectivity index (χ0) is 10.9. The quantitative estimate of drug-likeness (QED) is 0.479. The third kappa shape index (κ3) is 2.11. The molecule has 0 bridgehead atoms. The molecular weight excluding hydrogens is 267 g/mol. The Morgan fingerprint density at radius 1 is 1.36 bits per heavy atom. The molecule has 0 saturated carbocycles. The van der Waals surface area contributed by atoms with Crippen molar-refractivity contribution in [1.29, 1.82) is 0 Å². The van der Waals surface area contributed by atoms with Gasteiger partial charge in [-0.2, -0.15) is 0 Å². The molecule has 0 aromatic heterocycles. The Labute approximate surface area is 102 Å². The van der Waals surface area contributed by atoms with Gasteiger partial charge in [-0.15, -0.1) is 12.6 Å². The van der Waals surface area contributed by atoms with Crippen molar-refractivity contribution in [3.63, 3.8) is 0 Å². The van der Waals surface area contributed by atoms with Crippen LogP contribution < -0.4 is 0 Å². The summed E-state index contributed by atoms with van der Waals surface area (Å²) in [5.74, 6) is -0.641. The normalized spacial score (nSPS) is 10.1. The lowest BCUT2D eigenvalue weighted by atomic mass is 10.2. The number of carbonyl (C=O) groups excluding carboxylic acids is 1. The van der Waals surface area contributed by atoms with E-state index in [0.717, 1.165) is 0 Å². The van der Waals surface area contributed by atoms with Crippen molar-refractivity contribution in [2.75, 3.05) is 7.11 Å². The third-order valence-corrected chi connectivity index (χ3v) is 3.19. The minimum Gasteiger partial charge on any atom is -0.465 e. The van der Waals surface area contributed by atoms with Gasteiger partial charge >= 0.3 is 5.97 Å². The standard InChI is InChI=1S/C8H5Cl3O2S/c1-13-8(12)5-6(10)3(9)2-4(14)7(5)11/h2,14H,1H3. The molecule has 0 atom stereocenters. The van der Waals surface area contributed by atoms with Gasteiger partial charge in [0, 0.05) is 4.90 Å². The fraction of sp³-hybridized carbons (Fsp3) is 0.125. The Morgan fingerprint density at radius 2 is 1.93 bits per heavy atom. The molecule has 0 heterocycles. The average molecular weight is 272 g/mol. The Morgan fingerprint density at radius 3 is 2.43 bits per heavy atom. The molecule has 0 saturated heterocycles. The van der Waals surface area contributed by atoms with Gasteiger partial charge in [0.15, 0.2) is 0 Å². The van der Waals surface area contributed by atoms with Gasteiger partial charge in [-0.05, 0) is 6.07 Å². The maximum atomic E-state index is 11.3. The SMILES string of the molecule is COC(=O)c1c(Cl)c(S)cc(Cl)c1Cl. The van der Waals surface area contributed by atoms with Crippen LogP contribution in [0.5, 0.6) is 0 Å². The molecule has 0 spiro atoms. The number of esters is 1. The summed E-state index contributed by atoms with van der Waals surface area (Å²) in [6.45, 7) is 0. The zero-order valence-electron chi connectivity index (χ0n) is 6.97. The lowest BCUT2D eigenvalue weighted by Crippen LogP contribution is -2.04. The minimum atomic E-state index is -0.641. The van der Waals surface area contributed by atoms with Gasteiger partial charge in [0.25, 0.3) is 0 Å². The summed E-state index contributed by atoms with van der Waals surface area (Å²) in [7, 11) is 1.23. The zero-order valence-corrected chi connectivity index (χ0v) is 10.1. The number of carbonyl (C=O) groups is 1. The maximum Gasteiger partial charge on any atom is 0.341 e. The van der Waals surface area contributed by atoms with Crippen LogP contribution in [0.25, 0.3) is 0 Å². The molecule has 0 N–H and O–H groups in total. The summed E-state index contributed by atoms with van der Waals surface area (Å²) >= 11 is 21.4. The number of benzene rings is 1. The highest BCUT2D eigenvalue weighted by atomic mass is 35.5. The summed E-state index contributed by atoms with van der Waals surface area (Å²) in [6, 6.07) is 1.46. The van der Waals surface area contributed by atoms with Gasteiger partial charge in [-0.25, -0.2) is 4.79 Å². The van der Waals surface area contributed by atoms with Crippen molar-refractivity contribution in [3.8, 4) is 0 Å². The second-order valence-electron chi connectivity index (χ2n) is 2.37. The molecule has 76 valence electrons. The lowest BCUT2D eigenvalue weighted by Gasteiger charge is -2.08. The molecule has 14 heavy (non-hydrogen) atoms. The summed E-state index contributed by atoms with van der Waals surface area (Å²) in [6.07, 6.45) is 0. The Kier molecular flexibility index (Phi) is 3.95. The van der Waals surface area contributed by atoms with Crippen molar-refractivity contribution in [3.05, 3.63) is 26.7 Å². The van der Waals surface area contributed by atoms with E-state index in [0.29, 0.717) is 4.90 Å². The first-order chi connectivity index (χ1) is 6.49. The number of hydrogen-bond acceptors (Lipinski definition) is 3. The van der Waals surface area contributed by atoms with E-state index in [1.54, 1.807) is 0 Å². The average Bonchev–Trinajstić information content (AvgIpc) is 2.15. The molecule has 0 unspecified atom stereocenters. The number of hydrogen-bond donors (Lipinski definition) is 1. The van der Waals surface area contributed by atoms with Gasteiger partial charge in [-0.1, -0.05) is 34.8 Å². The first kappa shape index (κ1) is 12.0. The van der Waals surface area contributed by atoms with E-state index < -0.39 is 5.97 Å². The van der Waals surface area contributed by atoms with Crippen molar-refractivity contribution in [1.82, 2.24) is 0 Å². The van der Waals surface area contributed by atoms with Crippen molar-refractivity contribution < 1.29 is 9.53 Å². The summed E-state index contributed by atoms with van der Waals surface area (Å²) in [4.78, 5) is 11.7. The molecular formula is C8H5Cl3O2S. The smallest absolute Gasteiger partial charge is 0.341 e. The Bertz CT molecular complexity index is 366. The molecule has 6 heteroatoms. The molecule has 0 radical (unpaired) electrons. The predicted molar refractivity (Wildman–Crippen MR) is 60.1 cm³/mol. The highest BCUT2D eigenvalue weighted by molar-refractivity contribution is 7.80. The summed E-state index contributed by atoms with van der Waals surface area (Å²) < 4.78 is 4.51. The fourth-order valence-corrected chi connectivity index (χ4v) is 1.89. The topological polar surface area (TPSA) is 26.3 Å². The largest absolute Gasteiger partial charge is 0.465 e. The van der Waals surface area contributed by atoms with Gasteiger partial charge < -0.3 is 4.74 Å². The van der Waals surface area contributed by atoms with Crippen molar-refractivity contribution in [2.45, 2.75) is 4.90 Å². The van der Waals surface area contributed by atoms with E-state index in [-0.39, 0.29) is 20.6 Å². The summed E-state index contributed by atoms with van der Waals surface area (Å²) in [5.41, 5.74) is 0.0355. The number of halogens is 3.